The van der Waals surface area contributed by atoms with Crippen LogP contribution in [0.1, 0.15) is 18.9 Å². The lowest BCUT2D eigenvalue weighted by molar-refractivity contribution is -0.109. The molecule has 0 fully saturated rings. The molecule has 0 aromatic carbocycles. The summed E-state index contributed by atoms with van der Waals surface area (Å²) in [5, 5.41) is 0.542. The van der Waals surface area contributed by atoms with Crippen LogP contribution < -0.4 is 0 Å². The average molecular weight is 319 g/mol. The molecule has 16 heavy (non-hydrogen) atoms. The molecule has 84 valence electrons. The zero-order valence-corrected chi connectivity index (χ0v) is 11.7. The van der Waals surface area contributed by atoms with Gasteiger partial charge in [-0.1, -0.05) is 35.2 Å². The molecule has 1 aromatic rings. The van der Waals surface area contributed by atoms with Crippen LogP contribution in [0.2, 0.25) is 5.15 Å². The Morgan fingerprint density at radius 1 is 1.69 bits per heavy atom. The first-order valence-electron chi connectivity index (χ1n) is 4.53. The number of thioether (sulfide) groups is 1. The number of hydrogen-bond acceptors (Lipinski definition) is 3. The van der Waals surface area contributed by atoms with Crippen LogP contribution in [0.15, 0.2) is 16.7 Å². The van der Waals surface area contributed by atoms with Crippen LogP contribution in [0.5, 0.6) is 0 Å². The standard InChI is InChI=1S/C11H9BrClNOS/c1-8(15)16-5-3-2-4-9-6-11(13)14-7-10(9)12/h6-7H,3,5H2,1H3. The summed E-state index contributed by atoms with van der Waals surface area (Å²) in [7, 11) is 0. The molecule has 1 aromatic heterocycles. The third-order valence-corrected chi connectivity index (χ3v) is 3.23. The molecular formula is C11H9BrClNOS. The highest BCUT2D eigenvalue weighted by Crippen LogP contribution is 2.17. The first-order chi connectivity index (χ1) is 7.59. The van der Waals surface area contributed by atoms with Crippen molar-refractivity contribution in [2.45, 2.75) is 13.3 Å². The predicted molar refractivity (Wildman–Crippen MR) is 71.6 cm³/mol. The van der Waals surface area contributed by atoms with Crippen molar-refractivity contribution in [3.8, 4) is 11.8 Å². The maximum Gasteiger partial charge on any atom is 0.185 e. The van der Waals surface area contributed by atoms with Crippen molar-refractivity contribution in [2.75, 3.05) is 5.75 Å². The smallest absolute Gasteiger partial charge is 0.185 e. The Morgan fingerprint density at radius 2 is 2.44 bits per heavy atom. The third kappa shape index (κ3) is 5.02. The van der Waals surface area contributed by atoms with Gasteiger partial charge in [-0.25, -0.2) is 4.98 Å². The summed E-state index contributed by atoms with van der Waals surface area (Å²) in [5.74, 6) is 6.69. The number of rotatable bonds is 2. The highest BCUT2D eigenvalue weighted by atomic mass is 79.9. The van der Waals surface area contributed by atoms with Gasteiger partial charge in [-0.2, -0.15) is 0 Å². The fraction of sp³-hybridized carbons (Fsp3) is 0.273. The summed E-state index contributed by atoms with van der Waals surface area (Å²) in [4.78, 5) is 14.6. The van der Waals surface area contributed by atoms with E-state index in [-0.39, 0.29) is 5.12 Å². The number of carbonyl (C=O) groups is 1. The van der Waals surface area contributed by atoms with E-state index in [0.29, 0.717) is 11.6 Å². The second kappa shape index (κ2) is 6.95. The van der Waals surface area contributed by atoms with Gasteiger partial charge < -0.3 is 0 Å². The van der Waals surface area contributed by atoms with Crippen molar-refractivity contribution < 1.29 is 4.79 Å². The Morgan fingerprint density at radius 3 is 3.12 bits per heavy atom. The van der Waals surface area contributed by atoms with Crippen molar-refractivity contribution in [1.29, 1.82) is 0 Å². The van der Waals surface area contributed by atoms with Crippen molar-refractivity contribution >= 4 is 44.4 Å². The molecule has 0 bridgehead atoms. The molecule has 5 heteroatoms. The summed E-state index contributed by atoms with van der Waals surface area (Å²) in [5.41, 5.74) is 0.813. The molecule has 0 atom stereocenters. The Balaban J connectivity index is 2.56. The maximum absolute atomic E-state index is 10.7. The molecule has 1 heterocycles. The van der Waals surface area contributed by atoms with E-state index in [0.717, 1.165) is 15.8 Å². The first-order valence-corrected chi connectivity index (χ1v) is 6.68. The van der Waals surface area contributed by atoms with Gasteiger partial charge in [0, 0.05) is 30.9 Å². The van der Waals surface area contributed by atoms with E-state index in [4.69, 9.17) is 11.6 Å². The molecule has 0 saturated carbocycles. The monoisotopic (exact) mass is 317 g/mol. The summed E-state index contributed by atoms with van der Waals surface area (Å²) in [6.45, 7) is 1.55. The second-order valence-electron chi connectivity index (χ2n) is 2.88. The predicted octanol–water partition coefficient (Wildman–Crippen LogP) is 3.52. The lowest BCUT2D eigenvalue weighted by Gasteiger charge is -1.95. The second-order valence-corrected chi connectivity index (χ2v) is 5.39. The number of hydrogen-bond donors (Lipinski definition) is 0. The lowest BCUT2D eigenvalue weighted by Crippen LogP contribution is -1.85. The van der Waals surface area contributed by atoms with Crippen LogP contribution in [0.4, 0.5) is 0 Å². The number of halogens is 2. The van der Waals surface area contributed by atoms with Gasteiger partial charge >= 0.3 is 0 Å². The van der Waals surface area contributed by atoms with Gasteiger partial charge in [0.05, 0.1) is 4.47 Å². The van der Waals surface area contributed by atoms with Crippen molar-refractivity contribution in [2.24, 2.45) is 0 Å². The van der Waals surface area contributed by atoms with Crippen LogP contribution >= 0.6 is 39.3 Å². The Kier molecular flexibility index (Phi) is 5.89. The quantitative estimate of drug-likeness (QED) is 0.475. The molecule has 0 aliphatic heterocycles. The molecule has 0 radical (unpaired) electrons. The summed E-state index contributed by atoms with van der Waals surface area (Å²) in [6, 6.07) is 1.71. The molecular weight excluding hydrogens is 310 g/mol. The lowest BCUT2D eigenvalue weighted by atomic mass is 10.3. The van der Waals surface area contributed by atoms with Crippen molar-refractivity contribution in [1.82, 2.24) is 4.98 Å². The third-order valence-electron chi connectivity index (χ3n) is 1.58. The number of nitrogens with zero attached hydrogens (tertiary/aromatic N) is 1. The molecule has 0 aliphatic rings. The van der Waals surface area contributed by atoms with E-state index >= 15 is 0 Å². The van der Waals surface area contributed by atoms with Crippen LogP contribution in [-0.2, 0) is 4.79 Å². The van der Waals surface area contributed by atoms with E-state index in [1.54, 1.807) is 19.2 Å². The average Bonchev–Trinajstić information content (AvgIpc) is 2.22. The summed E-state index contributed by atoms with van der Waals surface area (Å²) >= 11 is 10.4. The van der Waals surface area contributed by atoms with E-state index in [9.17, 15) is 4.79 Å². The van der Waals surface area contributed by atoms with Gasteiger partial charge in [0.15, 0.2) is 5.12 Å². The maximum atomic E-state index is 10.7. The normalized spacial score (nSPS) is 9.44. The van der Waals surface area contributed by atoms with Gasteiger partial charge in [0.25, 0.3) is 0 Å². The minimum Gasteiger partial charge on any atom is -0.288 e. The van der Waals surface area contributed by atoms with Crippen molar-refractivity contribution in [3.63, 3.8) is 0 Å². The van der Waals surface area contributed by atoms with E-state index in [1.807, 2.05) is 0 Å². The van der Waals surface area contributed by atoms with Crippen LogP contribution in [0, 0.1) is 11.8 Å². The minimum atomic E-state index is 0.120. The largest absolute Gasteiger partial charge is 0.288 e. The van der Waals surface area contributed by atoms with Gasteiger partial charge in [-0.05, 0) is 22.0 Å². The highest BCUT2D eigenvalue weighted by molar-refractivity contribution is 9.10. The first kappa shape index (κ1) is 13.6. The molecule has 0 amide bonds. The molecule has 0 spiro atoms. The van der Waals surface area contributed by atoms with Gasteiger partial charge in [0.2, 0.25) is 0 Å². The highest BCUT2D eigenvalue weighted by Gasteiger charge is 1.98. The SMILES string of the molecule is CC(=O)SCCC#Cc1cc(Cl)ncc1Br. The molecule has 0 N–H and O–H groups in total. The minimum absolute atomic E-state index is 0.120. The van der Waals surface area contributed by atoms with Gasteiger partial charge in [-0.3, -0.25) is 4.79 Å². The van der Waals surface area contributed by atoms with E-state index < -0.39 is 0 Å². The Hall–Kier alpha value is -0.500. The zero-order chi connectivity index (χ0) is 12.0. The fourth-order valence-corrected chi connectivity index (χ4v) is 1.88. The van der Waals surface area contributed by atoms with Crippen molar-refractivity contribution in [3.05, 3.63) is 27.5 Å². The summed E-state index contributed by atoms with van der Waals surface area (Å²) < 4.78 is 0.823. The van der Waals surface area contributed by atoms with E-state index in [1.165, 1.54) is 11.8 Å². The van der Waals surface area contributed by atoms with E-state index in [2.05, 4.69) is 32.8 Å². The number of aromatic nitrogens is 1. The molecule has 0 aliphatic carbocycles. The van der Waals surface area contributed by atoms with Crippen LogP contribution in [-0.4, -0.2) is 15.9 Å². The number of pyridine rings is 1. The fourth-order valence-electron chi connectivity index (χ4n) is 0.913. The molecule has 1 rings (SSSR count). The van der Waals surface area contributed by atoms with Gasteiger partial charge in [0.1, 0.15) is 5.15 Å². The summed E-state index contributed by atoms with van der Waals surface area (Å²) in [6.07, 6.45) is 2.30. The zero-order valence-electron chi connectivity index (χ0n) is 8.59. The Labute approximate surface area is 112 Å². The Bertz CT molecular complexity index is 453. The molecule has 2 nitrogen and oxygen atoms in total. The topological polar surface area (TPSA) is 30.0 Å². The molecule has 0 unspecified atom stereocenters. The molecule has 0 saturated heterocycles. The number of carbonyl (C=O) groups excluding carboxylic acids is 1. The van der Waals surface area contributed by atoms with Crippen LogP contribution in [0.3, 0.4) is 0 Å². The van der Waals surface area contributed by atoms with Crippen LogP contribution in [0.25, 0.3) is 0 Å². The van der Waals surface area contributed by atoms with Gasteiger partial charge in [-0.15, -0.1) is 0 Å².